The first-order valence-electron chi connectivity index (χ1n) is 10.2. The average Bonchev–Trinajstić information content (AvgIpc) is 2.63. The summed E-state index contributed by atoms with van der Waals surface area (Å²) >= 11 is 0. The van der Waals surface area contributed by atoms with E-state index in [1.807, 2.05) is 46.8 Å². The molecule has 0 aliphatic rings. The maximum atomic E-state index is 12.3. The van der Waals surface area contributed by atoms with E-state index in [0.717, 1.165) is 48.2 Å². The molecule has 6 nitrogen and oxygen atoms in total. The van der Waals surface area contributed by atoms with Crippen LogP contribution in [-0.4, -0.2) is 24.4 Å². The number of amides is 1. The van der Waals surface area contributed by atoms with Crippen molar-refractivity contribution in [2.24, 2.45) is 0 Å². The molecular formula is C22H39N3O3. The number of alkyl carbamates (subject to hydrolysis) is 1. The van der Waals surface area contributed by atoms with Gasteiger partial charge in [0.2, 0.25) is 0 Å². The van der Waals surface area contributed by atoms with Gasteiger partial charge in [0.1, 0.15) is 11.9 Å². The van der Waals surface area contributed by atoms with Crippen molar-refractivity contribution in [3.63, 3.8) is 0 Å². The molecule has 0 saturated carbocycles. The summed E-state index contributed by atoms with van der Waals surface area (Å²) in [5.41, 5.74) is 9.21. The number of rotatable bonds is 12. The van der Waals surface area contributed by atoms with Crippen LogP contribution in [0.15, 0.2) is 46.5 Å². The Kier molecular flexibility index (Phi) is 13.6. The number of carbonyl (C=O) groups is 1. The highest BCUT2D eigenvalue weighted by Crippen LogP contribution is 2.16. The molecule has 0 aliphatic heterocycles. The normalized spacial score (nSPS) is 15.0. The standard InChI is InChI=1S/C22H39N3O3/c1-8-11-16(4)20(26)15-14-17(5)21(25-23-7)19(13-10-3)24-22(27)28-18(6)12-9-2/h11,14-15,18,23,25-26H,8-10,12-13H2,1-7H3,(H,24,27)/b16-11+,17-14+,20-15+,21-19+. The minimum Gasteiger partial charge on any atom is -0.508 e. The van der Waals surface area contributed by atoms with Crippen LogP contribution in [-0.2, 0) is 4.74 Å². The number of nitrogens with one attached hydrogen (secondary N) is 3. The number of carbonyl (C=O) groups excluding carboxylic acids is 1. The zero-order valence-corrected chi connectivity index (χ0v) is 18.6. The van der Waals surface area contributed by atoms with Crippen molar-refractivity contribution < 1.29 is 14.6 Å². The molecule has 0 heterocycles. The molecule has 4 N–H and O–H groups in total. The Labute approximate surface area is 170 Å². The third-order valence-electron chi connectivity index (χ3n) is 4.11. The van der Waals surface area contributed by atoms with Gasteiger partial charge in [-0.25, -0.2) is 10.2 Å². The van der Waals surface area contributed by atoms with Crippen LogP contribution >= 0.6 is 0 Å². The highest BCUT2D eigenvalue weighted by Gasteiger charge is 2.14. The van der Waals surface area contributed by atoms with E-state index in [9.17, 15) is 9.90 Å². The Morgan fingerprint density at radius 3 is 2.32 bits per heavy atom. The highest BCUT2D eigenvalue weighted by atomic mass is 16.6. The van der Waals surface area contributed by atoms with Gasteiger partial charge in [0.15, 0.2) is 0 Å². The molecule has 0 aromatic rings. The van der Waals surface area contributed by atoms with Crippen LogP contribution in [0.3, 0.4) is 0 Å². The molecule has 28 heavy (non-hydrogen) atoms. The van der Waals surface area contributed by atoms with Crippen LogP contribution in [0.1, 0.15) is 73.6 Å². The van der Waals surface area contributed by atoms with E-state index in [2.05, 4.69) is 23.1 Å². The van der Waals surface area contributed by atoms with E-state index in [1.54, 1.807) is 13.1 Å². The molecule has 0 bridgehead atoms. The quantitative estimate of drug-likeness (QED) is 0.203. The molecule has 1 atom stereocenters. The lowest BCUT2D eigenvalue weighted by Crippen LogP contribution is -2.34. The van der Waals surface area contributed by atoms with Crippen LogP contribution in [0.2, 0.25) is 0 Å². The number of ether oxygens (including phenoxy) is 1. The van der Waals surface area contributed by atoms with Gasteiger partial charge in [-0.05, 0) is 57.3 Å². The van der Waals surface area contributed by atoms with Gasteiger partial charge in [-0.2, -0.15) is 0 Å². The Balaban J connectivity index is 5.66. The fraction of sp³-hybridized carbons (Fsp3) is 0.591. The molecular weight excluding hydrogens is 354 g/mol. The fourth-order valence-electron chi connectivity index (χ4n) is 2.67. The molecule has 6 heteroatoms. The predicted octanol–water partition coefficient (Wildman–Crippen LogP) is 5.38. The summed E-state index contributed by atoms with van der Waals surface area (Å²) in [6, 6.07) is 0. The second-order valence-corrected chi connectivity index (χ2v) is 6.81. The second-order valence-electron chi connectivity index (χ2n) is 6.81. The van der Waals surface area contributed by atoms with Gasteiger partial charge in [0.05, 0.1) is 5.70 Å². The summed E-state index contributed by atoms with van der Waals surface area (Å²) in [7, 11) is 1.76. The Bertz CT molecular complexity index is 604. The number of hydrazine groups is 1. The van der Waals surface area contributed by atoms with Gasteiger partial charge in [0.25, 0.3) is 0 Å². The molecule has 0 aromatic carbocycles. The molecule has 0 aliphatic carbocycles. The zero-order valence-electron chi connectivity index (χ0n) is 18.6. The van der Waals surface area contributed by atoms with E-state index in [-0.39, 0.29) is 11.9 Å². The van der Waals surface area contributed by atoms with Gasteiger partial charge in [-0.1, -0.05) is 45.8 Å². The maximum absolute atomic E-state index is 12.3. The highest BCUT2D eigenvalue weighted by molar-refractivity contribution is 5.70. The van der Waals surface area contributed by atoms with Crippen LogP contribution in [0.5, 0.6) is 0 Å². The second kappa shape index (κ2) is 14.8. The summed E-state index contributed by atoms with van der Waals surface area (Å²) in [4.78, 5) is 12.3. The average molecular weight is 394 g/mol. The molecule has 1 amide bonds. The summed E-state index contributed by atoms with van der Waals surface area (Å²) in [5, 5.41) is 13.0. The van der Waals surface area contributed by atoms with Crippen molar-refractivity contribution in [3.8, 4) is 0 Å². The van der Waals surface area contributed by atoms with Crippen molar-refractivity contribution in [2.75, 3.05) is 7.05 Å². The van der Waals surface area contributed by atoms with Gasteiger partial charge in [-0.15, -0.1) is 0 Å². The zero-order chi connectivity index (χ0) is 21.5. The largest absolute Gasteiger partial charge is 0.508 e. The SMILES string of the molecule is CC/C=C(C)/C(O)=C\C=C(C)\C(NNC)=C(\CCC)NC(=O)OC(C)CCC. The first-order valence-corrected chi connectivity index (χ1v) is 10.2. The summed E-state index contributed by atoms with van der Waals surface area (Å²) in [6.45, 7) is 11.8. The van der Waals surface area contributed by atoms with Crippen molar-refractivity contribution in [2.45, 2.75) is 79.8 Å². The van der Waals surface area contributed by atoms with E-state index in [0.29, 0.717) is 6.42 Å². The van der Waals surface area contributed by atoms with E-state index < -0.39 is 6.09 Å². The topological polar surface area (TPSA) is 82.6 Å². The molecule has 160 valence electrons. The number of hydrogen-bond acceptors (Lipinski definition) is 5. The number of hydrogen-bond donors (Lipinski definition) is 4. The predicted molar refractivity (Wildman–Crippen MR) is 117 cm³/mol. The Morgan fingerprint density at radius 2 is 1.79 bits per heavy atom. The third kappa shape index (κ3) is 10.2. The summed E-state index contributed by atoms with van der Waals surface area (Å²) in [6.07, 6.45) is 9.07. The van der Waals surface area contributed by atoms with E-state index >= 15 is 0 Å². The van der Waals surface area contributed by atoms with E-state index in [4.69, 9.17) is 4.74 Å². The molecule has 0 aromatic heterocycles. The molecule has 1 unspecified atom stereocenters. The van der Waals surface area contributed by atoms with Crippen molar-refractivity contribution in [1.82, 2.24) is 16.2 Å². The Morgan fingerprint density at radius 1 is 1.11 bits per heavy atom. The van der Waals surface area contributed by atoms with Crippen LogP contribution in [0.25, 0.3) is 0 Å². The van der Waals surface area contributed by atoms with Gasteiger partial charge in [-0.3, -0.25) is 5.32 Å². The minimum absolute atomic E-state index is 0.126. The number of aliphatic hydroxyl groups is 1. The van der Waals surface area contributed by atoms with Crippen LogP contribution in [0.4, 0.5) is 4.79 Å². The Hall–Kier alpha value is -2.21. The van der Waals surface area contributed by atoms with Crippen molar-refractivity contribution >= 4 is 6.09 Å². The monoisotopic (exact) mass is 393 g/mol. The fourth-order valence-corrected chi connectivity index (χ4v) is 2.67. The number of allylic oxidation sites excluding steroid dienone is 6. The lowest BCUT2D eigenvalue weighted by Gasteiger charge is -2.19. The lowest BCUT2D eigenvalue weighted by molar-refractivity contribution is 0.104. The van der Waals surface area contributed by atoms with Gasteiger partial charge < -0.3 is 15.3 Å². The molecule has 0 radical (unpaired) electrons. The maximum Gasteiger partial charge on any atom is 0.411 e. The lowest BCUT2D eigenvalue weighted by atomic mass is 10.1. The van der Waals surface area contributed by atoms with E-state index in [1.165, 1.54) is 0 Å². The molecule has 0 fully saturated rings. The third-order valence-corrected chi connectivity index (χ3v) is 4.11. The summed E-state index contributed by atoms with van der Waals surface area (Å²) in [5.74, 6) is 0.225. The first-order chi connectivity index (χ1) is 13.3. The van der Waals surface area contributed by atoms with Crippen molar-refractivity contribution in [3.05, 3.63) is 46.5 Å². The summed E-state index contributed by atoms with van der Waals surface area (Å²) < 4.78 is 5.42. The molecule has 0 rings (SSSR count). The molecule has 0 spiro atoms. The van der Waals surface area contributed by atoms with Crippen LogP contribution < -0.4 is 16.2 Å². The first kappa shape index (κ1) is 25.8. The minimum atomic E-state index is -0.451. The van der Waals surface area contributed by atoms with Crippen LogP contribution in [0, 0.1) is 0 Å². The number of aliphatic hydroxyl groups excluding tert-OH is 1. The smallest absolute Gasteiger partial charge is 0.411 e. The molecule has 0 saturated heterocycles. The van der Waals surface area contributed by atoms with Gasteiger partial charge >= 0.3 is 6.09 Å². The van der Waals surface area contributed by atoms with Gasteiger partial charge in [0, 0.05) is 12.7 Å². The van der Waals surface area contributed by atoms with Crippen molar-refractivity contribution in [1.29, 1.82) is 0 Å².